The maximum absolute atomic E-state index is 12.4. The lowest BCUT2D eigenvalue weighted by Crippen LogP contribution is -2.29. The maximum Gasteiger partial charge on any atom is 0.238 e. The average Bonchev–Trinajstić information content (AvgIpc) is 2.74. The van der Waals surface area contributed by atoms with Crippen molar-refractivity contribution in [1.82, 2.24) is 4.90 Å². The fraction of sp³-hybridized carbons (Fsp3) is 0.167. The number of nitrogens with one attached hydrogen (secondary N) is 1. The Morgan fingerprint density at radius 3 is 2.45 bits per heavy atom. The third-order valence-electron chi connectivity index (χ3n) is 4.56. The van der Waals surface area contributed by atoms with Gasteiger partial charge in [0, 0.05) is 11.4 Å². The van der Waals surface area contributed by atoms with Gasteiger partial charge in [0.2, 0.25) is 5.91 Å². The largest absolute Gasteiger partial charge is 0.324 e. The Morgan fingerprint density at radius 2 is 1.72 bits per heavy atom. The standard InChI is InChI=1S/C24H23N3OS/c1-27(17-24(28)26-22-9-5-6-10-23(22)29-2)16-18-11-13-19(14-12-18)21-8-4-3-7-20(21)15-25/h3-14H,16-17H2,1-2H3,(H,26,28). The van der Waals surface area contributed by atoms with Crippen LogP contribution < -0.4 is 5.32 Å². The molecule has 3 aromatic carbocycles. The quantitative estimate of drug-likeness (QED) is 0.565. The van der Waals surface area contributed by atoms with Gasteiger partial charge < -0.3 is 5.32 Å². The minimum absolute atomic E-state index is 0.0337. The SMILES string of the molecule is CSc1ccccc1NC(=O)CN(C)Cc1ccc(-c2ccccc2C#N)cc1. The highest BCUT2D eigenvalue weighted by Gasteiger charge is 2.10. The molecule has 0 bridgehead atoms. The van der Waals surface area contributed by atoms with Gasteiger partial charge in [-0.05, 0) is 48.2 Å². The normalized spacial score (nSPS) is 10.6. The lowest BCUT2D eigenvalue weighted by molar-refractivity contribution is -0.117. The number of thioether (sulfide) groups is 1. The first kappa shape index (κ1) is 20.7. The number of carbonyl (C=O) groups is 1. The van der Waals surface area contributed by atoms with Crippen LogP contribution in [0.25, 0.3) is 11.1 Å². The summed E-state index contributed by atoms with van der Waals surface area (Å²) in [6, 6.07) is 25.8. The number of hydrogen-bond donors (Lipinski definition) is 1. The third-order valence-corrected chi connectivity index (χ3v) is 5.36. The van der Waals surface area contributed by atoms with Crippen LogP contribution in [0.5, 0.6) is 0 Å². The summed E-state index contributed by atoms with van der Waals surface area (Å²) in [5.74, 6) is -0.0337. The smallest absolute Gasteiger partial charge is 0.238 e. The van der Waals surface area contributed by atoms with Gasteiger partial charge in [-0.3, -0.25) is 9.69 Å². The third kappa shape index (κ3) is 5.47. The molecule has 0 radical (unpaired) electrons. The van der Waals surface area contributed by atoms with Crippen molar-refractivity contribution < 1.29 is 4.79 Å². The molecular weight excluding hydrogens is 378 g/mol. The fourth-order valence-corrected chi connectivity index (χ4v) is 3.73. The fourth-order valence-electron chi connectivity index (χ4n) is 3.17. The predicted molar refractivity (Wildman–Crippen MR) is 120 cm³/mol. The molecule has 0 saturated heterocycles. The van der Waals surface area contributed by atoms with Gasteiger partial charge in [-0.25, -0.2) is 0 Å². The number of amides is 1. The lowest BCUT2D eigenvalue weighted by Gasteiger charge is -2.17. The van der Waals surface area contributed by atoms with E-state index in [2.05, 4.69) is 11.4 Å². The van der Waals surface area contributed by atoms with E-state index in [4.69, 9.17) is 0 Å². The first-order valence-corrected chi connectivity index (χ1v) is 10.5. The number of carbonyl (C=O) groups excluding carboxylic acids is 1. The van der Waals surface area contributed by atoms with Crippen LogP contribution in [0.4, 0.5) is 5.69 Å². The predicted octanol–water partition coefficient (Wildman–Crippen LogP) is 5.02. The van der Waals surface area contributed by atoms with Crippen molar-refractivity contribution in [2.75, 3.05) is 25.2 Å². The van der Waals surface area contributed by atoms with Gasteiger partial charge in [-0.1, -0.05) is 54.6 Å². The average molecular weight is 402 g/mol. The molecule has 146 valence electrons. The molecule has 1 amide bonds. The molecule has 0 unspecified atom stereocenters. The molecule has 0 saturated carbocycles. The summed E-state index contributed by atoms with van der Waals surface area (Å²) in [7, 11) is 1.93. The van der Waals surface area contributed by atoms with E-state index in [9.17, 15) is 10.1 Å². The van der Waals surface area contributed by atoms with Crippen LogP contribution in [0.1, 0.15) is 11.1 Å². The molecule has 0 atom stereocenters. The van der Waals surface area contributed by atoms with Crippen LogP contribution in [-0.4, -0.2) is 30.7 Å². The molecule has 3 aromatic rings. The Bertz CT molecular complexity index is 1020. The number of nitriles is 1. The number of benzene rings is 3. The van der Waals surface area contributed by atoms with Crippen molar-refractivity contribution >= 4 is 23.4 Å². The zero-order chi connectivity index (χ0) is 20.6. The van der Waals surface area contributed by atoms with Crippen molar-refractivity contribution in [1.29, 1.82) is 5.26 Å². The topological polar surface area (TPSA) is 56.1 Å². The van der Waals surface area contributed by atoms with E-state index < -0.39 is 0 Å². The summed E-state index contributed by atoms with van der Waals surface area (Å²) < 4.78 is 0. The molecule has 4 nitrogen and oxygen atoms in total. The molecule has 1 N–H and O–H groups in total. The van der Waals surface area contributed by atoms with Gasteiger partial charge in [0.15, 0.2) is 0 Å². The van der Waals surface area contributed by atoms with E-state index in [1.54, 1.807) is 11.8 Å². The first-order valence-electron chi connectivity index (χ1n) is 9.30. The number of para-hydroxylation sites is 1. The number of likely N-dealkylation sites (N-methyl/N-ethyl adjacent to an activating group) is 1. The van der Waals surface area contributed by atoms with E-state index in [0.717, 1.165) is 27.3 Å². The van der Waals surface area contributed by atoms with Crippen LogP contribution in [-0.2, 0) is 11.3 Å². The van der Waals surface area contributed by atoms with E-state index >= 15 is 0 Å². The molecule has 3 rings (SSSR count). The number of rotatable bonds is 7. The monoisotopic (exact) mass is 401 g/mol. The maximum atomic E-state index is 12.4. The zero-order valence-electron chi connectivity index (χ0n) is 16.6. The van der Waals surface area contributed by atoms with Crippen LogP contribution in [0.15, 0.2) is 77.7 Å². The molecule has 0 aromatic heterocycles. The second-order valence-corrected chi connectivity index (χ2v) is 7.62. The second kappa shape index (κ2) is 9.92. The Hall–Kier alpha value is -3.07. The van der Waals surface area contributed by atoms with Gasteiger partial charge in [0.25, 0.3) is 0 Å². The lowest BCUT2D eigenvalue weighted by atomic mass is 9.99. The van der Waals surface area contributed by atoms with Crippen molar-refractivity contribution in [3.8, 4) is 17.2 Å². The van der Waals surface area contributed by atoms with E-state index in [-0.39, 0.29) is 5.91 Å². The minimum Gasteiger partial charge on any atom is -0.324 e. The summed E-state index contributed by atoms with van der Waals surface area (Å²) >= 11 is 1.61. The van der Waals surface area contributed by atoms with Gasteiger partial charge in [0.05, 0.1) is 23.9 Å². The van der Waals surface area contributed by atoms with Gasteiger partial charge in [0.1, 0.15) is 0 Å². The molecule has 0 spiro atoms. The van der Waals surface area contributed by atoms with Gasteiger partial charge >= 0.3 is 0 Å². The Labute approximate surface area is 176 Å². The molecule has 0 fully saturated rings. The number of nitrogens with zero attached hydrogens (tertiary/aromatic N) is 2. The molecule has 0 aliphatic rings. The summed E-state index contributed by atoms with van der Waals surface area (Å²) in [6.45, 7) is 0.972. The highest BCUT2D eigenvalue weighted by molar-refractivity contribution is 7.98. The summed E-state index contributed by atoms with van der Waals surface area (Å²) in [5.41, 5.74) is 4.57. The highest BCUT2D eigenvalue weighted by Crippen LogP contribution is 2.25. The van der Waals surface area contributed by atoms with Crippen LogP contribution >= 0.6 is 11.8 Å². The number of hydrogen-bond acceptors (Lipinski definition) is 4. The minimum atomic E-state index is -0.0337. The first-order chi connectivity index (χ1) is 14.1. The second-order valence-electron chi connectivity index (χ2n) is 6.78. The van der Waals surface area contributed by atoms with Crippen molar-refractivity contribution in [2.45, 2.75) is 11.4 Å². The molecule has 0 heterocycles. The Kier molecular flexibility index (Phi) is 7.07. The van der Waals surface area contributed by atoms with Gasteiger partial charge in [-0.2, -0.15) is 5.26 Å². The molecular formula is C24H23N3OS. The highest BCUT2D eigenvalue weighted by atomic mass is 32.2. The van der Waals surface area contributed by atoms with Crippen LogP contribution in [0.3, 0.4) is 0 Å². The Morgan fingerprint density at radius 1 is 1.03 bits per heavy atom. The molecule has 0 aliphatic heterocycles. The van der Waals surface area contributed by atoms with Gasteiger partial charge in [-0.15, -0.1) is 11.8 Å². The van der Waals surface area contributed by atoms with E-state index in [1.165, 1.54) is 0 Å². The molecule has 0 aliphatic carbocycles. The zero-order valence-corrected chi connectivity index (χ0v) is 17.4. The number of anilines is 1. The van der Waals surface area contributed by atoms with Crippen molar-refractivity contribution in [3.63, 3.8) is 0 Å². The van der Waals surface area contributed by atoms with Crippen molar-refractivity contribution in [2.24, 2.45) is 0 Å². The summed E-state index contributed by atoms with van der Waals surface area (Å²) in [6.07, 6.45) is 2.00. The molecule has 29 heavy (non-hydrogen) atoms. The van der Waals surface area contributed by atoms with E-state index in [0.29, 0.717) is 18.7 Å². The van der Waals surface area contributed by atoms with Crippen molar-refractivity contribution in [3.05, 3.63) is 83.9 Å². The molecule has 5 heteroatoms. The van der Waals surface area contributed by atoms with E-state index in [1.807, 2.05) is 91.0 Å². The van der Waals surface area contributed by atoms with Crippen LogP contribution in [0.2, 0.25) is 0 Å². The Balaban J connectivity index is 1.60. The van der Waals surface area contributed by atoms with Crippen LogP contribution in [0, 0.1) is 11.3 Å². The summed E-state index contributed by atoms with van der Waals surface area (Å²) in [5, 5.41) is 12.3. The summed E-state index contributed by atoms with van der Waals surface area (Å²) in [4.78, 5) is 15.4.